The van der Waals surface area contributed by atoms with E-state index < -0.39 is 0 Å². The van der Waals surface area contributed by atoms with E-state index in [1.807, 2.05) is 26.0 Å². The molecule has 0 saturated carbocycles. The van der Waals surface area contributed by atoms with E-state index in [2.05, 4.69) is 24.3 Å². The summed E-state index contributed by atoms with van der Waals surface area (Å²) in [5.41, 5.74) is 5.70. The number of hydrogen-bond acceptors (Lipinski definition) is 5. The Hall–Kier alpha value is -1.66. The Morgan fingerprint density at radius 3 is 2.89 bits per heavy atom. The van der Waals surface area contributed by atoms with Crippen LogP contribution in [0.2, 0.25) is 5.02 Å². The van der Waals surface area contributed by atoms with Crippen molar-refractivity contribution in [1.29, 1.82) is 0 Å². The monoisotopic (exact) mass is 293 g/mol. The molecule has 3 aromatic rings. The van der Waals surface area contributed by atoms with Crippen LogP contribution in [0.3, 0.4) is 0 Å². The molecule has 0 fully saturated rings. The highest BCUT2D eigenvalue weighted by Gasteiger charge is 2.11. The van der Waals surface area contributed by atoms with E-state index in [1.54, 1.807) is 0 Å². The van der Waals surface area contributed by atoms with Crippen molar-refractivity contribution in [1.82, 2.24) is 18.9 Å². The number of benzene rings is 1. The van der Waals surface area contributed by atoms with Gasteiger partial charge < -0.3 is 5.32 Å². The Morgan fingerprint density at radius 2 is 2.16 bits per heavy atom. The van der Waals surface area contributed by atoms with Gasteiger partial charge in [0.15, 0.2) is 0 Å². The van der Waals surface area contributed by atoms with Crippen molar-refractivity contribution >= 4 is 40.0 Å². The van der Waals surface area contributed by atoms with Crippen LogP contribution in [0.5, 0.6) is 0 Å². The quantitative estimate of drug-likeness (QED) is 0.777. The fraction of sp³-hybridized carbons (Fsp3) is 0.250. The number of halogens is 1. The molecule has 2 aromatic heterocycles. The molecule has 0 amide bonds. The van der Waals surface area contributed by atoms with Crippen LogP contribution in [0.25, 0.3) is 11.0 Å². The lowest BCUT2D eigenvalue weighted by Gasteiger charge is -2.09. The fourth-order valence-corrected chi connectivity index (χ4v) is 2.77. The van der Waals surface area contributed by atoms with Crippen molar-refractivity contribution in [3.63, 3.8) is 0 Å². The largest absolute Gasteiger partial charge is 0.378 e. The molecule has 0 spiro atoms. The lowest BCUT2D eigenvalue weighted by molar-refractivity contribution is 1.02. The van der Waals surface area contributed by atoms with Gasteiger partial charge in [-0.15, -0.1) is 0 Å². The van der Waals surface area contributed by atoms with Crippen molar-refractivity contribution < 1.29 is 0 Å². The molecule has 5 nitrogen and oxygen atoms in total. The van der Waals surface area contributed by atoms with Gasteiger partial charge in [-0.05, 0) is 26.0 Å². The molecule has 1 aromatic carbocycles. The summed E-state index contributed by atoms with van der Waals surface area (Å²) in [6.07, 6.45) is 0. The Labute approximate surface area is 119 Å². The van der Waals surface area contributed by atoms with Gasteiger partial charge >= 0.3 is 0 Å². The van der Waals surface area contributed by atoms with Gasteiger partial charge in [-0.25, -0.2) is 0 Å². The summed E-state index contributed by atoms with van der Waals surface area (Å²) in [5, 5.41) is 11.1. The summed E-state index contributed by atoms with van der Waals surface area (Å²) in [7, 11) is 0. The molecule has 98 valence electrons. The van der Waals surface area contributed by atoms with Gasteiger partial charge in [0.05, 0.1) is 28.1 Å². The maximum Gasteiger partial charge on any atom is 0.129 e. The van der Waals surface area contributed by atoms with E-state index in [9.17, 15) is 0 Å². The molecular weight excluding hydrogens is 282 g/mol. The highest BCUT2D eigenvalue weighted by molar-refractivity contribution is 7.00. The van der Waals surface area contributed by atoms with E-state index in [4.69, 9.17) is 11.6 Å². The summed E-state index contributed by atoms with van der Waals surface area (Å²) < 4.78 is 8.50. The number of aromatic nitrogens is 4. The second-order valence-corrected chi connectivity index (χ2v) is 5.26. The van der Waals surface area contributed by atoms with Crippen molar-refractivity contribution in [3.05, 3.63) is 34.1 Å². The third kappa shape index (κ3) is 2.17. The number of nitrogens with zero attached hydrogens (tertiary/aromatic N) is 3. The maximum absolute atomic E-state index is 6.23. The molecule has 0 radical (unpaired) electrons. The summed E-state index contributed by atoms with van der Waals surface area (Å²) in [6.45, 7) is 4.64. The zero-order valence-corrected chi connectivity index (χ0v) is 12.1. The minimum Gasteiger partial charge on any atom is -0.378 e. The minimum absolute atomic E-state index is 0.652. The third-order valence-electron chi connectivity index (χ3n) is 3.10. The van der Waals surface area contributed by atoms with Crippen molar-refractivity contribution in [3.8, 4) is 0 Å². The predicted molar refractivity (Wildman–Crippen MR) is 77.8 cm³/mol. The van der Waals surface area contributed by atoms with Crippen LogP contribution in [0, 0.1) is 13.8 Å². The summed E-state index contributed by atoms with van der Waals surface area (Å²) in [6, 6.07) is 3.71. The van der Waals surface area contributed by atoms with Gasteiger partial charge in [0.25, 0.3) is 0 Å². The van der Waals surface area contributed by atoms with Crippen LogP contribution < -0.4 is 5.32 Å². The molecule has 0 atom stereocenters. The molecule has 19 heavy (non-hydrogen) atoms. The van der Waals surface area contributed by atoms with Crippen molar-refractivity contribution in [2.75, 3.05) is 5.32 Å². The van der Waals surface area contributed by atoms with Gasteiger partial charge in [-0.1, -0.05) is 11.6 Å². The van der Waals surface area contributed by atoms with Crippen LogP contribution in [0.15, 0.2) is 12.1 Å². The number of anilines is 1. The normalized spacial score (nSPS) is 11.1. The fourth-order valence-electron chi connectivity index (χ4n) is 2.01. The number of nitrogens with one attached hydrogen (secondary N) is 2. The average Bonchev–Trinajstić information content (AvgIpc) is 2.97. The first-order valence-corrected chi connectivity index (χ1v) is 6.92. The van der Waals surface area contributed by atoms with Gasteiger partial charge in [0.1, 0.15) is 11.0 Å². The molecule has 0 bridgehead atoms. The second kappa shape index (κ2) is 4.79. The third-order valence-corrected chi connectivity index (χ3v) is 3.96. The molecule has 0 unspecified atom stereocenters. The topological polar surface area (TPSA) is 66.5 Å². The molecular formula is C12H12ClN5S. The molecule has 2 heterocycles. The molecule has 2 N–H and O–H groups in total. The first kappa shape index (κ1) is 12.4. The van der Waals surface area contributed by atoms with Crippen LogP contribution in [-0.4, -0.2) is 18.9 Å². The van der Waals surface area contributed by atoms with Gasteiger partial charge in [-0.2, -0.15) is 13.8 Å². The second-order valence-electron chi connectivity index (χ2n) is 4.32. The summed E-state index contributed by atoms with van der Waals surface area (Å²) in [4.78, 5) is 0. The Kier molecular flexibility index (Phi) is 3.12. The van der Waals surface area contributed by atoms with E-state index in [0.717, 1.165) is 33.7 Å². The summed E-state index contributed by atoms with van der Waals surface area (Å²) in [5.74, 6) is 0. The van der Waals surface area contributed by atoms with Crippen molar-refractivity contribution in [2.24, 2.45) is 0 Å². The number of H-pyrrole nitrogens is 1. The number of aromatic amines is 1. The Balaban J connectivity index is 1.93. The molecule has 7 heteroatoms. The lowest BCUT2D eigenvalue weighted by Crippen LogP contribution is -2.02. The highest BCUT2D eigenvalue weighted by Crippen LogP contribution is 2.30. The Morgan fingerprint density at radius 1 is 1.32 bits per heavy atom. The standard InChI is InChI=1S/C12H12ClN5S/c1-6-8(7(2)16-15-6)5-14-11-9(13)3-4-10-12(11)18-19-17-10/h3-4,14H,5H2,1-2H3,(H,15,16). The number of aryl methyl sites for hydroxylation is 2. The van der Waals surface area contributed by atoms with Crippen LogP contribution in [-0.2, 0) is 6.54 Å². The molecule has 3 rings (SSSR count). The zero-order chi connectivity index (χ0) is 13.4. The summed E-state index contributed by atoms with van der Waals surface area (Å²) >= 11 is 7.42. The van der Waals surface area contributed by atoms with E-state index in [-0.39, 0.29) is 0 Å². The molecule has 0 saturated heterocycles. The molecule has 0 aliphatic carbocycles. The van der Waals surface area contributed by atoms with Crippen molar-refractivity contribution in [2.45, 2.75) is 20.4 Å². The average molecular weight is 294 g/mol. The van der Waals surface area contributed by atoms with Gasteiger partial charge in [0.2, 0.25) is 0 Å². The van der Waals surface area contributed by atoms with E-state index in [1.165, 1.54) is 11.7 Å². The lowest BCUT2D eigenvalue weighted by atomic mass is 10.2. The smallest absolute Gasteiger partial charge is 0.129 e. The minimum atomic E-state index is 0.652. The Bertz CT molecular complexity index is 713. The number of fused-ring (bicyclic) bond motifs is 1. The van der Waals surface area contributed by atoms with E-state index >= 15 is 0 Å². The maximum atomic E-state index is 6.23. The van der Waals surface area contributed by atoms with Gasteiger partial charge in [-0.3, -0.25) is 5.10 Å². The highest BCUT2D eigenvalue weighted by atomic mass is 35.5. The predicted octanol–water partition coefficient (Wildman–Crippen LogP) is 3.30. The SMILES string of the molecule is Cc1n[nH]c(C)c1CNc1c(Cl)ccc2nsnc12. The van der Waals surface area contributed by atoms with Crippen LogP contribution >= 0.6 is 23.3 Å². The molecule has 0 aliphatic rings. The van der Waals surface area contributed by atoms with E-state index in [0.29, 0.717) is 11.6 Å². The van der Waals surface area contributed by atoms with Crippen LogP contribution in [0.4, 0.5) is 5.69 Å². The van der Waals surface area contributed by atoms with Gasteiger partial charge in [0, 0.05) is 17.8 Å². The first-order valence-electron chi connectivity index (χ1n) is 5.82. The number of rotatable bonds is 3. The zero-order valence-electron chi connectivity index (χ0n) is 10.5. The van der Waals surface area contributed by atoms with Crippen LogP contribution in [0.1, 0.15) is 17.0 Å². The first-order chi connectivity index (χ1) is 9.16. The molecule has 0 aliphatic heterocycles. The number of hydrogen-bond donors (Lipinski definition) is 2.